The van der Waals surface area contributed by atoms with Crippen LogP contribution in [0.5, 0.6) is 0 Å². The van der Waals surface area contributed by atoms with Gasteiger partial charge in [0.05, 0.1) is 5.41 Å². The van der Waals surface area contributed by atoms with Gasteiger partial charge in [-0.3, -0.25) is 4.79 Å². The highest BCUT2D eigenvalue weighted by molar-refractivity contribution is 5.83. The summed E-state index contributed by atoms with van der Waals surface area (Å²) < 4.78 is 0. The molecule has 0 aromatic carbocycles. The fraction of sp³-hybridized carbons (Fsp3) is 0.938. The second kappa shape index (κ2) is 5.43. The predicted octanol–water partition coefficient (Wildman–Crippen LogP) is 2.95. The Balaban J connectivity index is 2.20. The van der Waals surface area contributed by atoms with Crippen molar-refractivity contribution in [2.24, 2.45) is 5.41 Å². The maximum Gasteiger partial charge on any atom is 0.229 e. The molecule has 0 atom stereocenters. The molecule has 1 aliphatic heterocycles. The van der Waals surface area contributed by atoms with Crippen molar-refractivity contribution in [2.45, 2.75) is 77.8 Å². The lowest BCUT2D eigenvalue weighted by molar-refractivity contribution is -0.142. The van der Waals surface area contributed by atoms with Crippen LogP contribution in [0.1, 0.15) is 66.2 Å². The Hall–Kier alpha value is -0.570. The van der Waals surface area contributed by atoms with Gasteiger partial charge >= 0.3 is 0 Å². The minimum absolute atomic E-state index is 0.0235. The molecule has 2 fully saturated rings. The maximum atomic E-state index is 12.9. The zero-order valence-corrected chi connectivity index (χ0v) is 13.1. The molecule has 19 heavy (non-hydrogen) atoms. The Kier molecular flexibility index (Phi) is 4.24. The second-order valence-electron chi connectivity index (χ2n) is 7.70. The molecule has 0 bridgehead atoms. The number of carbonyl (C=O) groups excluding carboxylic acids is 1. The third-order valence-electron chi connectivity index (χ3n) is 4.68. The van der Waals surface area contributed by atoms with Crippen molar-refractivity contribution in [1.29, 1.82) is 0 Å². The fourth-order valence-corrected chi connectivity index (χ4v) is 3.34. The van der Waals surface area contributed by atoms with Crippen molar-refractivity contribution in [3.05, 3.63) is 0 Å². The molecule has 110 valence electrons. The Morgan fingerprint density at radius 1 is 1.05 bits per heavy atom. The van der Waals surface area contributed by atoms with E-state index >= 15 is 0 Å². The predicted molar refractivity (Wildman–Crippen MR) is 79.1 cm³/mol. The second-order valence-corrected chi connectivity index (χ2v) is 7.70. The van der Waals surface area contributed by atoms with E-state index in [2.05, 4.69) is 37.9 Å². The van der Waals surface area contributed by atoms with E-state index in [0.29, 0.717) is 11.9 Å². The molecule has 3 heteroatoms. The van der Waals surface area contributed by atoms with Crippen molar-refractivity contribution in [2.75, 3.05) is 13.1 Å². The van der Waals surface area contributed by atoms with E-state index < -0.39 is 0 Å². The van der Waals surface area contributed by atoms with E-state index in [4.69, 9.17) is 0 Å². The molecule has 1 aliphatic carbocycles. The molecule has 1 saturated carbocycles. The number of carbonyl (C=O) groups is 1. The molecule has 0 spiro atoms. The largest absolute Gasteiger partial charge is 0.337 e. The number of nitrogens with one attached hydrogen (secondary N) is 1. The van der Waals surface area contributed by atoms with Crippen LogP contribution in [-0.2, 0) is 4.79 Å². The lowest BCUT2D eigenvalue weighted by Crippen LogP contribution is -2.50. The molecular weight excluding hydrogens is 236 g/mol. The average molecular weight is 266 g/mol. The van der Waals surface area contributed by atoms with Crippen LogP contribution in [0.2, 0.25) is 0 Å². The van der Waals surface area contributed by atoms with E-state index in [9.17, 15) is 4.79 Å². The van der Waals surface area contributed by atoms with E-state index in [1.807, 2.05) is 0 Å². The minimum atomic E-state index is -0.278. The van der Waals surface area contributed by atoms with Crippen LogP contribution < -0.4 is 5.32 Å². The van der Waals surface area contributed by atoms with Gasteiger partial charge in [0.15, 0.2) is 0 Å². The summed E-state index contributed by atoms with van der Waals surface area (Å²) in [5, 5.41) is 3.56. The van der Waals surface area contributed by atoms with E-state index in [-0.39, 0.29) is 11.0 Å². The zero-order chi connectivity index (χ0) is 14.1. The molecule has 1 heterocycles. The molecule has 0 radical (unpaired) electrons. The number of rotatable bonds is 1. The fourth-order valence-electron chi connectivity index (χ4n) is 3.34. The van der Waals surface area contributed by atoms with Gasteiger partial charge in [-0.05, 0) is 40.5 Å². The van der Waals surface area contributed by atoms with Crippen molar-refractivity contribution < 1.29 is 4.79 Å². The van der Waals surface area contributed by atoms with Crippen LogP contribution in [0.25, 0.3) is 0 Å². The van der Waals surface area contributed by atoms with Crippen LogP contribution in [-0.4, -0.2) is 35.5 Å². The highest BCUT2D eigenvalue weighted by Crippen LogP contribution is 2.30. The van der Waals surface area contributed by atoms with Gasteiger partial charge in [-0.25, -0.2) is 0 Å². The van der Waals surface area contributed by atoms with Crippen molar-refractivity contribution in [3.63, 3.8) is 0 Å². The first-order valence-electron chi connectivity index (χ1n) is 7.88. The highest BCUT2D eigenvalue weighted by atomic mass is 16.2. The Bertz CT molecular complexity index is 328. The molecule has 1 amide bonds. The van der Waals surface area contributed by atoms with Crippen LogP contribution in [0.15, 0.2) is 0 Å². The first kappa shape index (κ1) is 14.8. The van der Waals surface area contributed by atoms with Crippen LogP contribution in [0, 0.1) is 5.41 Å². The summed E-state index contributed by atoms with van der Waals surface area (Å²) in [7, 11) is 0. The summed E-state index contributed by atoms with van der Waals surface area (Å²) in [5.74, 6) is 0.345. The minimum Gasteiger partial charge on any atom is -0.337 e. The van der Waals surface area contributed by atoms with Crippen molar-refractivity contribution in [3.8, 4) is 0 Å². The van der Waals surface area contributed by atoms with Gasteiger partial charge in [0.1, 0.15) is 0 Å². The van der Waals surface area contributed by atoms with Crippen molar-refractivity contribution >= 4 is 5.91 Å². The summed E-state index contributed by atoms with van der Waals surface area (Å²) in [6, 6.07) is 0.466. The number of hydrogen-bond acceptors (Lipinski definition) is 2. The smallest absolute Gasteiger partial charge is 0.229 e. The van der Waals surface area contributed by atoms with E-state index in [0.717, 1.165) is 13.1 Å². The van der Waals surface area contributed by atoms with Gasteiger partial charge in [0, 0.05) is 24.7 Å². The molecule has 3 nitrogen and oxygen atoms in total. The van der Waals surface area contributed by atoms with Gasteiger partial charge < -0.3 is 10.2 Å². The monoisotopic (exact) mass is 266 g/mol. The maximum absolute atomic E-state index is 12.9. The Labute approximate surface area is 118 Å². The third kappa shape index (κ3) is 3.50. The Morgan fingerprint density at radius 2 is 1.63 bits per heavy atom. The van der Waals surface area contributed by atoms with Crippen LogP contribution >= 0.6 is 0 Å². The molecule has 0 unspecified atom stereocenters. The molecule has 0 aromatic heterocycles. The molecule has 2 rings (SSSR count). The molecular formula is C16H30N2O. The first-order valence-corrected chi connectivity index (χ1v) is 7.88. The lowest BCUT2D eigenvalue weighted by Gasteiger charge is -2.37. The standard InChI is InChI=1S/C16H30N2O/c1-15(2)11-17-16(3,4)12-18(14(15)19)13-9-7-5-6-8-10-13/h13,17H,5-12H2,1-4H3. The normalized spacial score (nSPS) is 28.8. The van der Waals surface area contributed by atoms with Crippen LogP contribution in [0.3, 0.4) is 0 Å². The summed E-state index contributed by atoms with van der Waals surface area (Å²) >= 11 is 0. The van der Waals surface area contributed by atoms with Gasteiger partial charge in [0.2, 0.25) is 5.91 Å². The lowest BCUT2D eigenvalue weighted by atomic mass is 9.91. The number of nitrogens with zero attached hydrogens (tertiary/aromatic N) is 1. The van der Waals surface area contributed by atoms with Gasteiger partial charge in [-0.1, -0.05) is 25.7 Å². The molecule has 1 N–H and O–H groups in total. The SMILES string of the molecule is CC1(C)CN(C2CCCCCC2)C(=O)C(C)(C)CN1. The van der Waals surface area contributed by atoms with E-state index in [1.165, 1.54) is 38.5 Å². The first-order chi connectivity index (χ1) is 8.82. The van der Waals surface area contributed by atoms with Crippen molar-refractivity contribution in [1.82, 2.24) is 10.2 Å². The summed E-state index contributed by atoms with van der Waals surface area (Å²) in [6.45, 7) is 10.2. The number of amides is 1. The number of hydrogen-bond donors (Lipinski definition) is 1. The summed E-state index contributed by atoms with van der Waals surface area (Å²) in [4.78, 5) is 15.1. The van der Waals surface area contributed by atoms with Gasteiger partial charge in [-0.15, -0.1) is 0 Å². The zero-order valence-electron chi connectivity index (χ0n) is 13.1. The topological polar surface area (TPSA) is 32.3 Å². The quantitative estimate of drug-likeness (QED) is 0.740. The van der Waals surface area contributed by atoms with E-state index in [1.54, 1.807) is 0 Å². The summed E-state index contributed by atoms with van der Waals surface area (Å²) in [6.07, 6.45) is 7.62. The third-order valence-corrected chi connectivity index (χ3v) is 4.68. The van der Waals surface area contributed by atoms with Gasteiger partial charge in [0.25, 0.3) is 0 Å². The average Bonchev–Trinajstić information content (AvgIpc) is 2.64. The highest BCUT2D eigenvalue weighted by Gasteiger charge is 2.41. The molecule has 0 aromatic rings. The molecule has 2 aliphatic rings. The van der Waals surface area contributed by atoms with Gasteiger partial charge in [-0.2, -0.15) is 0 Å². The Morgan fingerprint density at radius 3 is 2.21 bits per heavy atom. The van der Waals surface area contributed by atoms with Crippen LogP contribution in [0.4, 0.5) is 0 Å². The molecule has 1 saturated heterocycles. The summed E-state index contributed by atoms with van der Waals surface area (Å²) in [5.41, 5.74) is -0.254.